The summed E-state index contributed by atoms with van der Waals surface area (Å²) in [7, 11) is 1.38. The van der Waals surface area contributed by atoms with E-state index in [4.69, 9.17) is 23.2 Å². The number of benzene rings is 1. The van der Waals surface area contributed by atoms with E-state index in [1.165, 1.54) is 49.1 Å². The smallest absolute Gasteiger partial charge is 0.274 e. The van der Waals surface area contributed by atoms with Gasteiger partial charge in [0.2, 0.25) is 5.91 Å². The first-order valence-corrected chi connectivity index (χ1v) is 10.2. The topological polar surface area (TPSA) is 109 Å². The quantitative estimate of drug-likeness (QED) is 0.504. The van der Waals surface area contributed by atoms with Crippen LogP contribution in [0.25, 0.3) is 5.82 Å². The van der Waals surface area contributed by atoms with Crippen LogP contribution in [0.4, 0.5) is 5.69 Å². The predicted molar refractivity (Wildman–Crippen MR) is 119 cm³/mol. The fourth-order valence-electron chi connectivity index (χ4n) is 2.67. The highest BCUT2D eigenvalue weighted by Gasteiger charge is 2.22. The third-order valence-electron chi connectivity index (χ3n) is 3.94. The van der Waals surface area contributed by atoms with Gasteiger partial charge in [-0.2, -0.15) is 5.10 Å². The molecule has 2 N–H and O–H groups in total. The van der Waals surface area contributed by atoms with Gasteiger partial charge < -0.3 is 5.32 Å². The number of carbonyl (C=O) groups excluding carboxylic acids is 3. The Bertz CT molecular complexity index is 1180. The number of hydrogen-bond donors (Lipinski definition) is 2. The SMILES string of the molecule is CC(=O)NN(C)C(=O)c1cc(Cl)ccc1NC(=O)c1cc(Br)nn1-c1ncccc1Cl. The second-order valence-electron chi connectivity index (χ2n) is 6.25. The second-order valence-corrected chi connectivity index (χ2v) is 7.91. The van der Waals surface area contributed by atoms with Crippen LogP contribution in [0.5, 0.6) is 0 Å². The fourth-order valence-corrected chi connectivity index (χ4v) is 3.41. The van der Waals surface area contributed by atoms with E-state index in [0.29, 0.717) is 9.63 Å². The Morgan fingerprint density at radius 1 is 1.16 bits per heavy atom. The van der Waals surface area contributed by atoms with Gasteiger partial charge in [-0.25, -0.2) is 9.67 Å². The second kappa shape index (κ2) is 9.46. The summed E-state index contributed by atoms with van der Waals surface area (Å²) in [6.45, 7) is 1.27. The summed E-state index contributed by atoms with van der Waals surface area (Å²) < 4.78 is 1.67. The number of hydrogen-bond acceptors (Lipinski definition) is 5. The molecule has 0 atom stereocenters. The zero-order valence-electron chi connectivity index (χ0n) is 16.2. The molecule has 9 nitrogen and oxygen atoms in total. The molecule has 0 unspecified atom stereocenters. The molecule has 0 aliphatic carbocycles. The molecule has 3 rings (SSSR count). The largest absolute Gasteiger partial charge is 0.320 e. The summed E-state index contributed by atoms with van der Waals surface area (Å²) >= 11 is 15.5. The van der Waals surface area contributed by atoms with Crippen molar-refractivity contribution >= 4 is 62.5 Å². The first-order valence-electron chi connectivity index (χ1n) is 8.70. The Balaban J connectivity index is 1.96. The molecule has 0 saturated heterocycles. The average Bonchev–Trinajstić information content (AvgIpc) is 3.10. The van der Waals surface area contributed by atoms with Gasteiger partial charge in [-0.05, 0) is 46.3 Å². The van der Waals surface area contributed by atoms with Crippen molar-refractivity contribution < 1.29 is 14.4 Å². The molecule has 2 heterocycles. The predicted octanol–water partition coefficient (Wildman–Crippen LogP) is 3.71. The Hall–Kier alpha value is -2.95. The number of anilines is 1. The number of aromatic nitrogens is 3. The average molecular weight is 526 g/mol. The lowest BCUT2D eigenvalue weighted by atomic mass is 10.1. The van der Waals surface area contributed by atoms with Crippen molar-refractivity contribution in [3.05, 3.63) is 68.5 Å². The number of nitrogens with zero attached hydrogens (tertiary/aromatic N) is 4. The van der Waals surface area contributed by atoms with Gasteiger partial charge in [0.05, 0.1) is 16.3 Å². The molecule has 1 aromatic carbocycles. The molecule has 0 spiro atoms. The minimum absolute atomic E-state index is 0.0816. The molecule has 31 heavy (non-hydrogen) atoms. The van der Waals surface area contributed by atoms with Gasteiger partial charge in [0.1, 0.15) is 10.3 Å². The minimum Gasteiger partial charge on any atom is -0.320 e. The molecule has 0 saturated carbocycles. The molecular weight excluding hydrogens is 511 g/mol. The summed E-state index contributed by atoms with van der Waals surface area (Å²) in [5.41, 5.74) is 2.75. The number of carbonyl (C=O) groups is 3. The summed E-state index contributed by atoms with van der Waals surface area (Å²) in [6, 6.07) is 9.16. The highest BCUT2D eigenvalue weighted by atomic mass is 79.9. The maximum atomic E-state index is 13.0. The van der Waals surface area contributed by atoms with Crippen LogP contribution in [0.1, 0.15) is 27.8 Å². The molecular formula is C19H15BrCl2N6O3. The normalized spacial score (nSPS) is 10.5. The van der Waals surface area contributed by atoms with E-state index in [1.807, 2.05) is 0 Å². The summed E-state index contributed by atoms with van der Waals surface area (Å²) in [5.74, 6) is -1.31. The summed E-state index contributed by atoms with van der Waals surface area (Å²) in [4.78, 5) is 41.3. The van der Waals surface area contributed by atoms with Gasteiger partial charge in [0.25, 0.3) is 11.8 Å². The summed E-state index contributed by atoms with van der Waals surface area (Å²) in [5, 5.41) is 8.47. The lowest BCUT2D eigenvalue weighted by Crippen LogP contribution is -2.42. The van der Waals surface area contributed by atoms with E-state index in [9.17, 15) is 14.4 Å². The molecule has 2 aromatic heterocycles. The zero-order valence-corrected chi connectivity index (χ0v) is 19.3. The van der Waals surface area contributed by atoms with Crippen LogP contribution in [0.2, 0.25) is 10.0 Å². The van der Waals surface area contributed by atoms with Gasteiger partial charge in [-0.1, -0.05) is 23.2 Å². The van der Waals surface area contributed by atoms with Crippen molar-refractivity contribution in [2.45, 2.75) is 6.92 Å². The number of halogens is 3. The molecule has 0 radical (unpaired) electrons. The maximum absolute atomic E-state index is 13.0. The van der Waals surface area contributed by atoms with Crippen molar-refractivity contribution in [3.63, 3.8) is 0 Å². The first kappa shape index (κ1) is 22.7. The minimum atomic E-state index is -0.574. The number of pyridine rings is 1. The van der Waals surface area contributed by atoms with Gasteiger partial charge in [-0.3, -0.25) is 24.8 Å². The lowest BCUT2D eigenvalue weighted by Gasteiger charge is -2.19. The molecule has 0 aliphatic rings. The first-order chi connectivity index (χ1) is 14.7. The molecule has 3 amide bonds. The van der Waals surface area contributed by atoms with Crippen LogP contribution in [-0.4, -0.2) is 44.5 Å². The number of amides is 3. The van der Waals surface area contributed by atoms with E-state index >= 15 is 0 Å². The third-order valence-corrected chi connectivity index (χ3v) is 4.86. The van der Waals surface area contributed by atoms with E-state index in [0.717, 1.165) is 5.01 Å². The number of rotatable bonds is 4. The molecule has 0 aliphatic heterocycles. The Morgan fingerprint density at radius 3 is 2.58 bits per heavy atom. The van der Waals surface area contributed by atoms with Gasteiger partial charge in [0.15, 0.2) is 5.82 Å². The zero-order chi connectivity index (χ0) is 22.7. The molecule has 160 valence electrons. The van der Waals surface area contributed by atoms with E-state index in [-0.39, 0.29) is 27.8 Å². The number of hydrazine groups is 1. The van der Waals surface area contributed by atoms with Crippen LogP contribution in [0, 0.1) is 0 Å². The van der Waals surface area contributed by atoms with Crippen molar-refractivity contribution in [1.82, 2.24) is 25.2 Å². The van der Waals surface area contributed by atoms with Gasteiger partial charge >= 0.3 is 0 Å². The van der Waals surface area contributed by atoms with E-state index in [2.05, 4.69) is 36.8 Å². The van der Waals surface area contributed by atoms with Crippen molar-refractivity contribution in [2.75, 3.05) is 12.4 Å². The van der Waals surface area contributed by atoms with Crippen molar-refractivity contribution in [2.24, 2.45) is 0 Å². The Morgan fingerprint density at radius 2 is 1.90 bits per heavy atom. The van der Waals surface area contributed by atoms with Crippen LogP contribution in [0.3, 0.4) is 0 Å². The van der Waals surface area contributed by atoms with Crippen molar-refractivity contribution in [1.29, 1.82) is 0 Å². The van der Waals surface area contributed by atoms with Gasteiger partial charge in [-0.15, -0.1) is 0 Å². The third kappa shape index (κ3) is 5.22. The van der Waals surface area contributed by atoms with E-state index < -0.39 is 17.7 Å². The van der Waals surface area contributed by atoms with Crippen LogP contribution in [-0.2, 0) is 4.79 Å². The Kier molecular flexibility index (Phi) is 6.94. The van der Waals surface area contributed by atoms with E-state index in [1.54, 1.807) is 12.1 Å². The monoisotopic (exact) mass is 524 g/mol. The highest BCUT2D eigenvalue weighted by Crippen LogP contribution is 2.25. The van der Waals surface area contributed by atoms with Crippen molar-refractivity contribution in [3.8, 4) is 5.82 Å². The maximum Gasteiger partial charge on any atom is 0.274 e. The molecule has 3 aromatic rings. The van der Waals surface area contributed by atoms with Crippen LogP contribution < -0.4 is 10.7 Å². The number of nitrogens with one attached hydrogen (secondary N) is 2. The molecule has 12 heteroatoms. The molecule has 0 fully saturated rings. The lowest BCUT2D eigenvalue weighted by molar-refractivity contribution is -0.122. The Labute approximate surface area is 195 Å². The van der Waals surface area contributed by atoms with Crippen LogP contribution >= 0.6 is 39.1 Å². The van der Waals surface area contributed by atoms with Gasteiger partial charge in [0, 0.05) is 31.3 Å². The molecule has 0 bridgehead atoms. The van der Waals surface area contributed by atoms with Crippen LogP contribution in [0.15, 0.2) is 47.2 Å². The summed E-state index contributed by atoms with van der Waals surface area (Å²) in [6.07, 6.45) is 1.52. The fraction of sp³-hybridized carbons (Fsp3) is 0.105. The standard InChI is InChI=1S/C19H15BrCl2N6O3/c1-10(29)25-27(2)19(31)12-8-11(21)5-6-14(12)24-18(30)15-9-16(20)26-28(15)17-13(22)4-3-7-23-17/h3-9H,1-2H3,(H,24,30)(H,25,29). The highest BCUT2D eigenvalue weighted by molar-refractivity contribution is 9.10.